The van der Waals surface area contributed by atoms with Gasteiger partial charge in [0.1, 0.15) is 6.04 Å². The third kappa shape index (κ3) is 3.21. The summed E-state index contributed by atoms with van der Waals surface area (Å²) in [6.45, 7) is 2.06. The molecule has 0 aliphatic carbocycles. The molecular formula is C14H17ClN2. The smallest absolute Gasteiger partial charge is 0.123 e. The molecule has 3 heteroatoms. The van der Waals surface area contributed by atoms with E-state index in [2.05, 4.69) is 11.0 Å². The number of halogens is 1. The number of rotatable bonds is 2. The molecular weight excluding hydrogens is 232 g/mol. The Hall–Kier alpha value is -1.04. The summed E-state index contributed by atoms with van der Waals surface area (Å²) >= 11 is 5.87. The van der Waals surface area contributed by atoms with Crippen LogP contribution in [0.4, 0.5) is 0 Å². The number of nitriles is 1. The highest BCUT2D eigenvalue weighted by Gasteiger charge is 2.20. The molecule has 2 rings (SSSR count). The lowest BCUT2D eigenvalue weighted by Gasteiger charge is -2.25. The van der Waals surface area contributed by atoms with E-state index in [1.165, 1.54) is 25.7 Å². The SMILES string of the molecule is N#CC(c1ccc(Cl)cc1)N1CCCCCC1. The molecule has 0 spiro atoms. The maximum absolute atomic E-state index is 9.37. The van der Waals surface area contributed by atoms with Crippen molar-refractivity contribution in [2.24, 2.45) is 0 Å². The van der Waals surface area contributed by atoms with Gasteiger partial charge in [-0.2, -0.15) is 5.26 Å². The van der Waals surface area contributed by atoms with Gasteiger partial charge in [0.05, 0.1) is 6.07 Å². The Morgan fingerprint density at radius 3 is 2.18 bits per heavy atom. The molecule has 1 atom stereocenters. The van der Waals surface area contributed by atoms with E-state index in [-0.39, 0.29) is 6.04 Å². The van der Waals surface area contributed by atoms with Gasteiger partial charge in [-0.1, -0.05) is 36.6 Å². The van der Waals surface area contributed by atoms with Crippen molar-refractivity contribution in [1.29, 1.82) is 5.26 Å². The summed E-state index contributed by atoms with van der Waals surface area (Å²) in [6, 6.07) is 9.94. The zero-order valence-electron chi connectivity index (χ0n) is 9.90. The lowest BCUT2D eigenvalue weighted by molar-refractivity contribution is 0.246. The van der Waals surface area contributed by atoms with E-state index in [4.69, 9.17) is 11.6 Å². The highest BCUT2D eigenvalue weighted by molar-refractivity contribution is 6.30. The van der Waals surface area contributed by atoms with Gasteiger partial charge in [-0.15, -0.1) is 0 Å². The monoisotopic (exact) mass is 248 g/mol. The number of hydrogen-bond donors (Lipinski definition) is 0. The van der Waals surface area contributed by atoms with Gasteiger partial charge >= 0.3 is 0 Å². The van der Waals surface area contributed by atoms with E-state index < -0.39 is 0 Å². The number of likely N-dealkylation sites (tertiary alicyclic amines) is 1. The van der Waals surface area contributed by atoms with Crippen LogP contribution >= 0.6 is 11.6 Å². The van der Waals surface area contributed by atoms with Crippen LogP contribution in [-0.2, 0) is 0 Å². The van der Waals surface area contributed by atoms with Crippen LogP contribution in [0.1, 0.15) is 37.3 Å². The second kappa shape index (κ2) is 6.05. The van der Waals surface area contributed by atoms with Gasteiger partial charge in [0.15, 0.2) is 0 Å². The molecule has 0 saturated carbocycles. The van der Waals surface area contributed by atoms with Crippen LogP contribution < -0.4 is 0 Å². The third-order valence-electron chi connectivity index (χ3n) is 3.31. The predicted octanol–water partition coefficient (Wildman–Crippen LogP) is 3.78. The summed E-state index contributed by atoms with van der Waals surface area (Å²) < 4.78 is 0. The Kier molecular flexibility index (Phi) is 4.42. The molecule has 1 aromatic carbocycles. The standard InChI is InChI=1S/C14H17ClN2/c15-13-7-5-12(6-8-13)14(11-16)17-9-3-1-2-4-10-17/h5-8,14H,1-4,9-10H2. The average molecular weight is 249 g/mol. The van der Waals surface area contributed by atoms with Crippen molar-refractivity contribution in [2.75, 3.05) is 13.1 Å². The van der Waals surface area contributed by atoms with Gasteiger partial charge < -0.3 is 0 Å². The highest BCUT2D eigenvalue weighted by Crippen LogP contribution is 2.24. The van der Waals surface area contributed by atoms with E-state index in [1.54, 1.807) is 0 Å². The molecule has 0 bridgehead atoms. The number of benzene rings is 1. The van der Waals surface area contributed by atoms with Crippen LogP contribution in [0.3, 0.4) is 0 Å². The Morgan fingerprint density at radius 1 is 1.06 bits per heavy atom. The summed E-state index contributed by atoms with van der Waals surface area (Å²) in [5.41, 5.74) is 1.05. The zero-order valence-corrected chi connectivity index (χ0v) is 10.7. The minimum Gasteiger partial charge on any atom is -0.284 e. The second-order valence-electron chi connectivity index (χ2n) is 4.53. The van der Waals surface area contributed by atoms with Gasteiger partial charge in [-0.05, 0) is 43.6 Å². The van der Waals surface area contributed by atoms with E-state index in [9.17, 15) is 5.26 Å². The molecule has 2 nitrogen and oxygen atoms in total. The Balaban J connectivity index is 2.15. The molecule has 90 valence electrons. The van der Waals surface area contributed by atoms with Gasteiger partial charge in [-0.25, -0.2) is 0 Å². The van der Waals surface area contributed by atoms with Gasteiger partial charge in [-0.3, -0.25) is 4.90 Å². The number of nitrogens with zero attached hydrogens (tertiary/aromatic N) is 2. The first kappa shape index (κ1) is 12.4. The maximum Gasteiger partial charge on any atom is 0.123 e. The third-order valence-corrected chi connectivity index (χ3v) is 3.57. The minimum atomic E-state index is -0.120. The molecule has 1 unspecified atom stereocenters. The fourth-order valence-corrected chi connectivity index (χ4v) is 2.49. The van der Waals surface area contributed by atoms with Crippen LogP contribution in [-0.4, -0.2) is 18.0 Å². The molecule has 1 fully saturated rings. The minimum absolute atomic E-state index is 0.120. The first-order valence-electron chi connectivity index (χ1n) is 6.20. The van der Waals surface area contributed by atoms with Crippen molar-refractivity contribution in [1.82, 2.24) is 4.90 Å². The molecule has 1 aromatic rings. The van der Waals surface area contributed by atoms with E-state index >= 15 is 0 Å². The van der Waals surface area contributed by atoms with Gasteiger partial charge in [0.25, 0.3) is 0 Å². The summed E-state index contributed by atoms with van der Waals surface area (Å²) in [7, 11) is 0. The van der Waals surface area contributed by atoms with Crippen LogP contribution in [0.25, 0.3) is 0 Å². The van der Waals surface area contributed by atoms with Crippen molar-refractivity contribution in [3.8, 4) is 6.07 Å². The van der Waals surface area contributed by atoms with Gasteiger partial charge in [0, 0.05) is 5.02 Å². The van der Waals surface area contributed by atoms with E-state index in [0.29, 0.717) is 0 Å². The maximum atomic E-state index is 9.37. The van der Waals surface area contributed by atoms with Crippen LogP contribution in [0, 0.1) is 11.3 Å². The Labute approximate surface area is 108 Å². The summed E-state index contributed by atoms with van der Waals surface area (Å²) in [6.07, 6.45) is 4.97. The molecule has 0 N–H and O–H groups in total. The predicted molar refractivity (Wildman–Crippen MR) is 69.8 cm³/mol. The second-order valence-corrected chi connectivity index (χ2v) is 4.97. The lowest BCUT2D eigenvalue weighted by Crippen LogP contribution is -2.28. The normalized spacial score (nSPS) is 19.3. The Bertz CT molecular complexity index is 386. The zero-order chi connectivity index (χ0) is 12.1. The van der Waals surface area contributed by atoms with Crippen LogP contribution in [0.15, 0.2) is 24.3 Å². The first-order valence-corrected chi connectivity index (χ1v) is 6.58. The Morgan fingerprint density at radius 2 is 1.65 bits per heavy atom. The molecule has 0 radical (unpaired) electrons. The molecule has 1 heterocycles. The van der Waals surface area contributed by atoms with Crippen molar-refractivity contribution in [2.45, 2.75) is 31.7 Å². The first-order chi connectivity index (χ1) is 8.31. The summed E-state index contributed by atoms with van der Waals surface area (Å²) in [5.74, 6) is 0. The summed E-state index contributed by atoms with van der Waals surface area (Å²) in [5, 5.41) is 10.1. The van der Waals surface area contributed by atoms with Crippen LogP contribution in [0.5, 0.6) is 0 Å². The highest BCUT2D eigenvalue weighted by atomic mass is 35.5. The van der Waals surface area contributed by atoms with E-state index in [0.717, 1.165) is 23.7 Å². The average Bonchev–Trinajstić information content (AvgIpc) is 2.62. The van der Waals surface area contributed by atoms with Crippen LogP contribution in [0.2, 0.25) is 5.02 Å². The van der Waals surface area contributed by atoms with E-state index in [1.807, 2.05) is 24.3 Å². The molecule has 0 aromatic heterocycles. The molecule has 1 saturated heterocycles. The van der Waals surface area contributed by atoms with Crippen molar-refractivity contribution in [3.63, 3.8) is 0 Å². The fraction of sp³-hybridized carbons (Fsp3) is 0.500. The quantitative estimate of drug-likeness (QED) is 0.797. The molecule has 1 aliphatic heterocycles. The fourth-order valence-electron chi connectivity index (χ4n) is 2.37. The summed E-state index contributed by atoms with van der Waals surface area (Å²) in [4.78, 5) is 2.29. The largest absolute Gasteiger partial charge is 0.284 e. The lowest BCUT2D eigenvalue weighted by atomic mass is 10.1. The molecule has 1 aliphatic rings. The van der Waals surface area contributed by atoms with Gasteiger partial charge in [0.2, 0.25) is 0 Å². The topological polar surface area (TPSA) is 27.0 Å². The van der Waals surface area contributed by atoms with Crippen molar-refractivity contribution < 1.29 is 0 Å². The van der Waals surface area contributed by atoms with Crippen molar-refractivity contribution in [3.05, 3.63) is 34.9 Å². The number of hydrogen-bond acceptors (Lipinski definition) is 2. The van der Waals surface area contributed by atoms with Crippen molar-refractivity contribution >= 4 is 11.6 Å². The molecule has 17 heavy (non-hydrogen) atoms. The molecule has 0 amide bonds.